The smallest absolute Gasteiger partial charge is 0.274 e. The predicted octanol–water partition coefficient (Wildman–Crippen LogP) is 2.49. The molecule has 1 aromatic carbocycles. The van der Waals surface area contributed by atoms with Crippen LogP contribution in [-0.4, -0.2) is 34.4 Å². The number of carbonyl (C=O) groups is 1. The van der Waals surface area contributed by atoms with Gasteiger partial charge in [0.05, 0.1) is 12.4 Å². The zero-order valence-electron chi connectivity index (χ0n) is 12.6. The van der Waals surface area contributed by atoms with E-state index in [0.29, 0.717) is 18.1 Å². The maximum atomic E-state index is 12.4. The summed E-state index contributed by atoms with van der Waals surface area (Å²) in [6.45, 7) is 5.30. The minimum atomic E-state index is -0.136. The summed E-state index contributed by atoms with van der Waals surface area (Å²) in [5.41, 5.74) is 2.65. The molecule has 0 atom stereocenters. The lowest BCUT2D eigenvalue weighted by atomic mass is 10.1. The highest BCUT2D eigenvalue weighted by atomic mass is 16.2. The van der Waals surface area contributed by atoms with Crippen LogP contribution in [0.4, 0.5) is 5.82 Å². The number of hydrogen-bond donors (Lipinski definition) is 1. The van der Waals surface area contributed by atoms with Crippen LogP contribution in [0.2, 0.25) is 0 Å². The summed E-state index contributed by atoms with van der Waals surface area (Å²) in [6, 6.07) is 8.14. The van der Waals surface area contributed by atoms with E-state index >= 15 is 0 Å². The Bertz CT molecular complexity index is 610. The maximum Gasteiger partial charge on any atom is 0.274 e. The van der Waals surface area contributed by atoms with Gasteiger partial charge in [0, 0.05) is 20.1 Å². The minimum absolute atomic E-state index is 0.136. The molecule has 0 fully saturated rings. The minimum Gasteiger partial charge on any atom is -0.369 e. The molecule has 0 radical (unpaired) electrons. The number of rotatable bonds is 5. The molecule has 0 unspecified atom stereocenters. The van der Waals surface area contributed by atoms with Crippen molar-refractivity contribution >= 4 is 11.7 Å². The molecule has 2 aromatic rings. The van der Waals surface area contributed by atoms with Gasteiger partial charge < -0.3 is 10.2 Å². The Morgan fingerprint density at radius 2 is 1.95 bits per heavy atom. The van der Waals surface area contributed by atoms with Crippen molar-refractivity contribution in [1.82, 2.24) is 14.9 Å². The largest absolute Gasteiger partial charge is 0.369 e. The molecule has 0 aliphatic rings. The molecule has 0 aliphatic carbocycles. The molecule has 0 spiro atoms. The number of aryl methyl sites for hydroxylation is 1. The Labute approximate surface area is 125 Å². The SMILES string of the molecule is CCNc1cncc(C(=O)N(C)Cc2ccc(C)cc2)n1. The van der Waals surface area contributed by atoms with E-state index in [1.54, 1.807) is 18.1 Å². The predicted molar refractivity (Wildman–Crippen MR) is 83.2 cm³/mol. The normalized spacial score (nSPS) is 10.2. The molecule has 1 N–H and O–H groups in total. The van der Waals surface area contributed by atoms with Gasteiger partial charge in [-0.3, -0.25) is 9.78 Å². The molecule has 1 heterocycles. The summed E-state index contributed by atoms with van der Waals surface area (Å²) in [4.78, 5) is 22.3. The summed E-state index contributed by atoms with van der Waals surface area (Å²) < 4.78 is 0. The highest BCUT2D eigenvalue weighted by molar-refractivity contribution is 5.92. The lowest BCUT2D eigenvalue weighted by Crippen LogP contribution is -2.27. The van der Waals surface area contributed by atoms with Gasteiger partial charge in [0.1, 0.15) is 11.5 Å². The van der Waals surface area contributed by atoms with Crippen LogP contribution in [0.5, 0.6) is 0 Å². The van der Waals surface area contributed by atoms with E-state index in [-0.39, 0.29) is 5.91 Å². The third kappa shape index (κ3) is 4.02. The van der Waals surface area contributed by atoms with Crippen LogP contribution in [0.15, 0.2) is 36.7 Å². The number of anilines is 1. The zero-order chi connectivity index (χ0) is 15.2. The first kappa shape index (κ1) is 15.0. The third-order valence-corrected chi connectivity index (χ3v) is 3.10. The van der Waals surface area contributed by atoms with Crippen molar-refractivity contribution in [1.29, 1.82) is 0 Å². The Morgan fingerprint density at radius 1 is 1.24 bits per heavy atom. The van der Waals surface area contributed by atoms with Crippen LogP contribution < -0.4 is 5.32 Å². The fraction of sp³-hybridized carbons (Fsp3) is 0.312. The average Bonchev–Trinajstić information content (AvgIpc) is 2.49. The number of amides is 1. The topological polar surface area (TPSA) is 58.1 Å². The van der Waals surface area contributed by atoms with E-state index in [9.17, 15) is 4.79 Å². The zero-order valence-corrected chi connectivity index (χ0v) is 12.6. The number of carbonyl (C=O) groups excluding carboxylic acids is 1. The molecule has 110 valence electrons. The van der Waals surface area contributed by atoms with E-state index in [4.69, 9.17) is 0 Å². The number of aromatic nitrogens is 2. The summed E-state index contributed by atoms with van der Waals surface area (Å²) in [7, 11) is 1.77. The number of hydrogen-bond acceptors (Lipinski definition) is 4. The van der Waals surface area contributed by atoms with E-state index in [2.05, 4.69) is 15.3 Å². The fourth-order valence-corrected chi connectivity index (χ4v) is 1.97. The summed E-state index contributed by atoms with van der Waals surface area (Å²) in [5, 5.41) is 3.05. The molecule has 1 aromatic heterocycles. The number of nitrogens with zero attached hydrogens (tertiary/aromatic N) is 3. The second kappa shape index (κ2) is 6.83. The molecule has 21 heavy (non-hydrogen) atoms. The third-order valence-electron chi connectivity index (χ3n) is 3.10. The van der Waals surface area contributed by atoms with E-state index in [1.807, 2.05) is 38.1 Å². The van der Waals surface area contributed by atoms with Gasteiger partial charge in [-0.2, -0.15) is 0 Å². The van der Waals surface area contributed by atoms with E-state index in [0.717, 1.165) is 12.1 Å². The van der Waals surface area contributed by atoms with Crippen molar-refractivity contribution < 1.29 is 4.79 Å². The Morgan fingerprint density at radius 3 is 2.62 bits per heavy atom. The van der Waals surface area contributed by atoms with Gasteiger partial charge in [-0.25, -0.2) is 4.98 Å². The van der Waals surface area contributed by atoms with Gasteiger partial charge in [0.15, 0.2) is 0 Å². The van der Waals surface area contributed by atoms with Gasteiger partial charge in [0.25, 0.3) is 5.91 Å². The summed E-state index contributed by atoms with van der Waals surface area (Å²) >= 11 is 0. The molecule has 2 rings (SSSR count). The lowest BCUT2D eigenvalue weighted by molar-refractivity contribution is 0.0779. The first-order valence-corrected chi connectivity index (χ1v) is 6.97. The Kier molecular flexibility index (Phi) is 4.87. The molecule has 0 saturated carbocycles. The molecule has 5 heteroatoms. The Balaban J connectivity index is 2.08. The van der Waals surface area contributed by atoms with Gasteiger partial charge in [0.2, 0.25) is 0 Å². The molecule has 5 nitrogen and oxygen atoms in total. The van der Waals surface area contributed by atoms with E-state index in [1.165, 1.54) is 11.8 Å². The van der Waals surface area contributed by atoms with Crippen molar-refractivity contribution in [2.75, 3.05) is 18.9 Å². The summed E-state index contributed by atoms with van der Waals surface area (Å²) in [6.07, 6.45) is 3.11. The van der Waals surface area contributed by atoms with Crippen LogP contribution in [0, 0.1) is 6.92 Å². The molecule has 1 amide bonds. The Hall–Kier alpha value is -2.43. The van der Waals surface area contributed by atoms with Crippen LogP contribution in [0.25, 0.3) is 0 Å². The van der Waals surface area contributed by atoms with Gasteiger partial charge >= 0.3 is 0 Å². The van der Waals surface area contributed by atoms with Crippen LogP contribution >= 0.6 is 0 Å². The van der Waals surface area contributed by atoms with Gasteiger partial charge in [-0.05, 0) is 19.4 Å². The van der Waals surface area contributed by atoms with Crippen molar-refractivity contribution in [3.8, 4) is 0 Å². The molecule has 0 bridgehead atoms. The van der Waals surface area contributed by atoms with Crippen molar-refractivity contribution in [3.63, 3.8) is 0 Å². The first-order chi connectivity index (χ1) is 10.1. The monoisotopic (exact) mass is 284 g/mol. The van der Waals surface area contributed by atoms with Crippen molar-refractivity contribution in [3.05, 3.63) is 53.5 Å². The molecular weight excluding hydrogens is 264 g/mol. The van der Waals surface area contributed by atoms with Crippen molar-refractivity contribution in [2.24, 2.45) is 0 Å². The second-order valence-corrected chi connectivity index (χ2v) is 4.97. The highest BCUT2D eigenvalue weighted by Gasteiger charge is 2.14. The number of nitrogens with one attached hydrogen (secondary N) is 1. The van der Waals surface area contributed by atoms with Gasteiger partial charge in [-0.15, -0.1) is 0 Å². The number of benzene rings is 1. The van der Waals surface area contributed by atoms with Crippen LogP contribution in [-0.2, 0) is 6.54 Å². The average molecular weight is 284 g/mol. The standard InChI is InChI=1S/C16H20N4O/c1-4-18-15-10-17-9-14(19-15)16(21)20(3)11-13-7-5-12(2)6-8-13/h5-10H,4,11H2,1-3H3,(H,18,19). The van der Waals surface area contributed by atoms with Gasteiger partial charge in [-0.1, -0.05) is 29.8 Å². The lowest BCUT2D eigenvalue weighted by Gasteiger charge is -2.17. The van der Waals surface area contributed by atoms with Crippen LogP contribution in [0.1, 0.15) is 28.5 Å². The first-order valence-electron chi connectivity index (χ1n) is 6.97. The second-order valence-electron chi connectivity index (χ2n) is 4.97. The quantitative estimate of drug-likeness (QED) is 0.916. The molecule has 0 saturated heterocycles. The van der Waals surface area contributed by atoms with E-state index < -0.39 is 0 Å². The maximum absolute atomic E-state index is 12.4. The summed E-state index contributed by atoms with van der Waals surface area (Å²) in [5.74, 6) is 0.481. The highest BCUT2D eigenvalue weighted by Crippen LogP contribution is 2.09. The van der Waals surface area contributed by atoms with Crippen molar-refractivity contribution in [2.45, 2.75) is 20.4 Å². The fourth-order valence-electron chi connectivity index (χ4n) is 1.97. The molecule has 0 aliphatic heterocycles. The molecular formula is C16H20N4O. The van der Waals surface area contributed by atoms with Crippen LogP contribution in [0.3, 0.4) is 0 Å².